The highest BCUT2D eigenvalue weighted by Gasteiger charge is 1.96. The van der Waals surface area contributed by atoms with Crippen molar-refractivity contribution in [1.29, 1.82) is 0 Å². The molecule has 3 heteroatoms. The monoisotopic (exact) mass is 184 g/mol. The number of hydrogen-bond acceptors (Lipinski definition) is 3. The van der Waals surface area contributed by atoms with Crippen molar-refractivity contribution in [3.63, 3.8) is 0 Å². The van der Waals surface area contributed by atoms with E-state index in [1.54, 1.807) is 0 Å². The lowest BCUT2D eigenvalue weighted by molar-refractivity contribution is 0.0682. The van der Waals surface area contributed by atoms with Crippen molar-refractivity contribution in [2.75, 3.05) is 6.61 Å². The Hall–Kier alpha value is -0.510. The van der Waals surface area contributed by atoms with Crippen molar-refractivity contribution in [1.82, 2.24) is 0 Å². The lowest BCUT2D eigenvalue weighted by Gasteiger charge is -2.04. The van der Waals surface area contributed by atoms with Crippen LogP contribution in [0.5, 0.6) is 0 Å². The highest BCUT2D eigenvalue weighted by atomic mass is 32.1. The quantitative estimate of drug-likeness (QED) is 0.548. The molecule has 0 amide bonds. The molecule has 0 aliphatic heterocycles. The molecule has 0 saturated carbocycles. The first-order valence-electron chi connectivity index (χ1n) is 3.77. The minimum atomic E-state index is -0.686. The Morgan fingerprint density at radius 3 is 2.58 bits per heavy atom. The molecule has 1 aromatic carbocycles. The fourth-order valence-electron chi connectivity index (χ4n) is 0.856. The van der Waals surface area contributed by atoms with E-state index in [0.717, 1.165) is 5.56 Å². The van der Waals surface area contributed by atoms with Crippen molar-refractivity contribution >= 4 is 12.6 Å². The van der Waals surface area contributed by atoms with E-state index >= 15 is 0 Å². The maximum Gasteiger partial charge on any atom is 0.120 e. The molecule has 2 nitrogen and oxygen atoms in total. The van der Waals surface area contributed by atoms with Gasteiger partial charge in [-0.1, -0.05) is 30.3 Å². The minimum Gasteiger partial charge on any atom is -0.380 e. The van der Waals surface area contributed by atoms with Crippen LogP contribution in [0.1, 0.15) is 5.56 Å². The van der Waals surface area contributed by atoms with Gasteiger partial charge in [0.05, 0.1) is 13.2 Å². The van der Waals surface area contributed by atoms with E-state index in [2.05, 4.69) is 12.6 Å². The third kappa shape index (κ3) is 3.76. The largest absolute Gasteiger partial charge is 0.380 e. The second kappa shape index (κ2) is 5.19. The molecule has 1 aromatic rings. The van der Waals surface area contributed by atoms with Gasteiger partial charge in [-0.2, -0.15) is 0 Å². The summed E-state index contributed by atoms with van der Waals surface area (Å²) < 4.78 is 5.15. The van der Waals surface area contributed by atoms with Crippen LogP contribution in [0, 0.1) is 0 Å². The van der Waals surface area contributed by atoms with Gasteiger partial charge >= 0.3 is 0 Å². The molecule has 0 saturated heterocycles. The van der Waals surface area contributed by atoms with Crippen molar-refractivity contribution in [2.45, 2.75) is 12.0 Å². The molecule has 1 rings (SSSR count). The number of aliphatic hydroxyl groups is 1. The third-order valence-electron chi connectivity index (χ3n) is 1.38. The van der Waals surface area contributed by atoms with Crippen LogP contribution in [0.15, 0.2) is 30.3 Å². The Bertz CT molecular complexity index is 211. The van der Waals surface area contributed by atoms with Crippen LogP contribution in [0.3, 0.4) is 0 Å². The molecule has 0 bridgehead atoms. The van der Waals surface area contributed by atoms with Crippen LogP contribution < -0.4 is 0 Å². The van der Waals surface area contributed by atoms with E-state index in [0.29, 0.717) is 6.61 Å². The third-order valence-corrected chi connectivity index (χ3v) is 1.53. The first kappa shape index (κ1) is 9.58. The highest BCUT2D eigenvalue weighted by Crippen LogP contribution is 2.01. The average Bonchev–Trinajstić information content (AvgIpc) is 2.05. The summed E-state index contributed by atoms with van der Waals surface area (Å²) in [6.45, 7) is 0.788. The summed E-state index contributed by atoms with van der Waals surface area (Å²) in [6, 6.07) is 9.82. The average molecular weight is 184 g/mol. The van der Waals surface area contributed by atoms with Gasteiger partial charge in [-0.25, -0.2) is 0 Å². The van der Waals surface area contributed by atoms with Crippen molar-refractivity contribution in [3.05, 3.63) is 35.9 Å². The van der Waals surface area contributed by atoms with Crippen LogP contribution in [0.4, 0.5) is 0 Å². The van der Waals surface area contributed by atoms with Gasteiger partial charge in [-0.3, -0.25) is 0 Å². The maximum atomic E-state index is 8.77. The van der Waals surface area contributed by atoms with E-state index in [1.165, 1.54) is 0 Å². The molecule has 1 atom stereocenters. The van der Waals surface area contributed by atoms with Crippen LogP contribution >= 0.6 is 12.6 Å². The minimum absolute atomic E-state index is 0.262. The second-order valence-electron chi connectivity index (χ2n) is 2.48. The molecule has 0 radical (unpaired) electrons. The molecule has 0 aromatic heterocycles. The van der Waals surface area contributed by atoms with Crippen molar-refractivity contribution in [2.24, 2.45) is 0 Å². The topological polar surface area (TPSA) is 29.5 Å². The summed E-state index contributed by atoms with van der Waals surface area (Å²) in [4.78, 5) is 0. The molecule has 0 spiro atoms. The van der Waals surface area contributed by atoms with Gasteiger partial charge in [-0.15, -0.1) is 12.6 Å². The highest BCUT2D eigenvalue weighted by molar-refractivity contribution is 7.80. The zero-order valence-electron chi connectivity index (χ0n) is 6.68. The van der Waals surface area contributed by atoms with E-state index in [-0.39, 0.29) is 6.61 Å². The van der Waals surface area contributed by atoms with Gasteiger partial charge in [0.25, 0.3) is 0 Å². The van der Waals surface area contributed by atoms with Crippen LogP contribution in [-0.4, -0.2) is 17.1 Å². The fraction of sp³-hybridized carbons (Fsp3) is 0.333. The summed E-state index contributed by atoms with van der Waals surface area (Å²) in [5.41, 5.74) is 0.417. The van der Waals surface area contributed by atoms with E-state index in [1.807, 2.05) is 30.3 Å². The summed E-state index contributed by atoms with van der Waals surface area (Å²) in [5, 5.41) is 8.77. The number of thiol groups is 1. The second-order valence-corrected chi connectivity index (χ2v) is 3.08. The van der Waals surface area contributed by atoms with Gasteiger partial charge < -0.3 is 9.84 Å². The van der Waals surface area contributed by atoms with Crippen LogP contribution in [-0.2, 0) is 11.3 Å². The standard InChI is InChI=1S/C9H12O2S/c10-9(12)7-11-6-8-4-2-1-3-5-8/h1-5,9-10,12H,6-7H2. The molecule has 0 aliphatic carbocycles. The van der Waals surface area contributed by atoms with E-state index in [9.17, 15) is 0 Å². The van der Waals surface area contributed by atoms with E-state index < -0.39 is 5.44 Å². The lowest BCUT2D eigenvalue weighted by atomic mass is 10.2. The predicted octanol–water partition coefficient (Wildman–Crippen LogP) is 1.45. The zero-order chi connectivity index (χ0) is 8.81. The Morgan fingerprint density at radius 2 is 2.00 bits per heavy atom. The number of rotatable bonds is 4. The summed E-state index contributed by atoms with van der Waals surface area (Å²) in [5.74, 6) is 0. The van der Waals surface area contributed by atoms with Gasteiger partial charge in [0, 0.05) is 0 Å². The van der Waals surface area contributed by atoms with Crippen molar-refractivity contribution < 1.29 is 9.84 Å². The fourth-order valence-corrected chi connectivity index (χ4v) is 0.962. The van der Waals surface area contributed by atoms with Crippen LogP contribution in [0.2, 0.25) is 0 Å². The molecule has 1 N–H and O–H groups in total. The summed E-state index contributed by atoms with van der Waals surface area (Å²) in [7, 11) is 0. The van der Waals surface area contributed by atoms with Crippen molar-refractivity contribution in [3.8, 4) is 0 Å². The molecule has 12 heavy (non-hydrogen) atoms. The Kier molecular flexibility index (Phi) is 4.14. The number of aliphatic hydroxyl groups excluding tert-OH is 1. The Balaban J connectivity index is 2.25. The number of ether oxygens (including phenoxy) is 1. The summed E-state index contributed by atoms with van der Waals surface area (Å²) in [6.07, 6.45) is 0. The lowest BCUT2D eigenvalue weighted by Crippen LogP contribution is -2.07. The van der Waals surface area contributed by atoms with E-state index in [4.69, 9.17) is 9.84 Å². The first-order chi connectivity index (χ1) is 5.79. The predicted molar refractivity (Wildman–Crippen MR) is 51.1 cm³/mol. The maximum absolute atomic E-state index is 8.77. The Morgan fingerprint density at radius 1 is 1.33 bits per heavy atom. The molecule has 0 fully saturated rings. The van der Waals surface area contributed by atoms with Gasteiger partial charge in [0.15, 0.2) is 0 Å². The smallest absolute Gasteiger partial charge is 0.120 e. The normalized spacial score (nSPS) is 12.8. The Labute approximate surface area is 77.6 Å². The molecule has 0 heterocycles. The van der Waals surface area contributed by atoms with Gasteiger partial charge in [0.1, 0.15) is 5.44 Å². The molecule has 0 aliphatic rings. The number of benzene rings is 1. The SMILES string of the molecule is OC(S)COCc1ccccc1. The van der Waals surface area contributed by atoms with Crippen LogP contribution in [0.25, 0.3) is 0 Å². The molecule has 1 unspecified atom stereocenters. The molecule has 66 valence electrons. The zero-order valence-corrected chi connectivity index (χ0v) is 7.58. The molecular formula is C9H12O2S. The molecular weight excluding hydrogens is 172 g/mol. The first-order valence-corrected chi connectivity index (χ1v) is 4.28. The summed E-state index contributed by atoms with van der Waals surface area (Å²) >= 11 is 3.78. The van der Waals surface area contributed by atoms with Gasteiger partial charge in [0.2, 0.25) is 0 Å². The van der Waals surface area contributed by atoms with Gasteiger partial charge in [-0.05, 0) is 5.56 Å². The number of hydrogen-bond donors (Lipinski definition) is 2.